The molecular formula is C22H32N6. The molecule has 1 aliphatic heterocycles. The number of aromatic nitrogens is 3. The first-order valence-electron chi connectivity index (χ1n) is 10.2. The maximum absolute atomic E-state index is 4.59. The Labute approximate surface area is 167 Å². The van der Waals surface area contributed by atoms with E-state index in [9.17, 15) is 0 Å². The first-order valence-corrected chi connectivity index (χ1v) is 10.2. The lowest BCUT2D eigenvalue weighted by atomic mass is 10.1. The topological polar surface area (TPSA) is 66.3 Å². The molecule has 3 aromatic rings. The Hall–Kier alpha value is -2.60. The molecular weight excluding hydrogens is 348 g/mol. The van der Waals surface area contributed by atoms with E-state index in [1.165, 1.54) is 37.9 Å². The highest BCUT2D eigenvalue weighted by Crippen LogP contribution is 2.24. The number of imidazole rings is 1. The van der Waals surface area contributed by atoms with Gasteiger partial charge in [0.15, 0.2) is 5.65 Å². The van der Waals surface area contributed by atoms with E-state index in [2.05, 4.69) is 52.0 Å². The van der Waals surface area contributed by atoms with Crippen molar-refractivity contribution in [3.05, 3.63) is 53.9 Å². The first kappa shape index (κ1) is 20.1. The molecule has 0 amide bonds. The van der Waals surface area contributed by atoms with Crippen LogP contribution in [0.2, 0.25) is 0 Å². The highest BCUT2D eigenvalue weighted by Gasteiger charge is 2.13. The third kappa shape index (κ3) is 5.23. The largest absolute Gasteiger partial charge is 0.378 e. The van der Waals surface area contributed by atoms with E-state index in [0.29, 0.717) is 5.92 Å². The normalized spacial score (nSPS) is 13.9. The van der Waals surface area contributed by atoms with E-state index in [1.54, 1.807) is 0 Å². The van der Waals surface area contributed by atoms with Gasteiger partial charge in [-0.05, 0) is 37.4 Å². The van der Waals surface area contributed by atoms with E-state index >= 15 is 0 Å². The van der Waals surface area contributed by atoms with Crippen LogP contribution in [0, 0.1) is 0 Å². The van der Waals surface area contributed by atoms with Crippen molar-refractivity contribution in [2.24, 2.45) is 0 Å². The van der Waals surface area contributed by atoms with Gasteiger partial charge in [-0.15, -0.1) is 5.10 Å². The summed E-state index contributed by atoms with van der Waals surface area (Å²) >= 11 is 0. The highest BCUT2D eigenvalue weighted by molar-refractivity contribution is 5.70. The lowest BCUT2D eigenvalue weighted by molar-refractivity contribution is 0.520. The minimum absolute atomic E-state index is 0.372. The van der Waals surface area contributed by atoms with Crippen LogP contribution in [-0.2, 0) is 6.54 Å². The van der Waals surface area contributed by atoms with Gasteiger partial charge in [0, 0.05) is 19.7 Å². The Morgan fingerprint density at radius 3 is 2.43 bits per heavy atom. The predicted molar refractivity (Wildman–Crippen MR) is 117 cm³/mol. The second-order valence-electron chi connectivity index (χ2n) is 7.42. The molecule has 6 nitrogen and oxygen atoms in total. The number of piperidine rings is 1. The Morgan fingerprint density at radius 1 is 1.11 bits per heavy atom. The van der Waals surface area contributed by atoms with Crippen molar-refractivity contribution in [3.63, 3.8) is 0 Å². The molecule has 1 fully saturated rings. The maximum Gasteiger partial charge on any atom is 0.177 e. The number of hydrogen-bond donors (Lipinski definition) is 3. The zero-order chi connectivity index (χ0) is 19.8. The predicted octanol–water partition coefficient (Wildman–Crippen LogP) is 4.27. The van der Waals surface area contributed by atoms with E-state index in [0.717, 1.165) is 29.4 Å². The summed E-state index contributed by atoms with van der Waals surface area (Å²) in [6.07, 6.45) is 6.12. The fourth-order valence-corrected chi connectivity index (χ4v) is 3.23. The molecule has 0 saturated carbocycles. The third-order valence-electron chi connectivity index (χ3n) is 4.87. The molecule has 3 heterocycles. The van der Waals surface area contributed by atoms with Crippen molar-refractivity contribution in [3.8, 4) is 0 Å². The molecule has 6 heteroatoms. The number of anilines is 2. The fourth-order valence-electron chi connectivity index (χ4n) is 3.23. The van der Waals surface area contributed by atoms with E-state index in [1.807, 2.05) is 42.0 Å². The van der Waals surface area contributed by atoms with Crippen LogP contribution in [0.4, 0.5) is 11.5 Å². The Balaban J connectivity index is 0.000000320. The van der Waals surface area contributed by atoms with Crippen LogP contribution in [0.15, 0.2) is 42.6 Å². The van der Waals surface area contributed by atoms with Crippen LogP contribution >= 0.6 is 0 Å². The van der Waals surface area contributed by atoms with Gasteiger partial charge in [0.05, 0.1) is 17.6 Å². The number of benzene rings is 1. The molecule has 0 radical (unpaired) electrons. The summed E-state index contributed by atoms with van der Waals surface area (Å²) < 4.78 is 1.92. The Kier molecular flexibility index (Phi) is 7.25. The SMILES string of the molecule is C1CCNCC1.CNc1cc(NCc2ccccc2)c2ncc(C(C)C)n2n1. The van der Waals surface area contributed by atoms with Crippen molar-refractivity contribution in [2.45, 2.75) is 45.6 Å². The smallest absolute Gasteiger partial charge is 0.177 e. The molecule has 0 unspecified atom stereocenters. The number of rotatable bonds is 5. The molecule has 150 valence electrons. The number of nitrogens with one attached hydrogen (secondary N) is 3. The van der Waals surface area contributed by atoms with Crippen molar-refractivity contribution in [2.75, 3.05) is 30.8 Å². The molecule has 0 aliphatic carbocycles. The average molecular weight is 381 g/mol. The lowest BCUT2D eigenvalue weighted by Crippen LogP contribution is -2.21. The second-order valence-corrected chi connectivity index (χ2v) is 7.42. The molecule has 2 aromatic heterocycles. The number of fused-ring (bicyclic) bond motifs is 1. The molecule has 0 bridgehead atoms. The molecule has 1 aliphatic rings. The lowest BCUT2D eigenvalue weighted by Gasteiger charge is -2.11. The zero-order valence-corrected chi connectivity index (χ0v) is 17.2. The second kappa shape index (κ2) is 10.1. The standard InChI is InChI=1S/C17H21N5.C5H11N/c1-12(2)15-11-20-17-14(9-16(18-3)21-22(15)17)19-10-13-7-5-4-6-8-13;1-2-4-6-5-3-1/h4-9,11-12,19H,10H2,1-3H3,(H,18,21);6H,1-5H2. The summed E-state index contributed by atoms with van der Waals surface area (Å²) in [4.78, 5) is 4.54. The van der Waals surface area contributed by atoms with Gasteiger partial charge in [0.1, 0.15) is 5.82 Å². The molecule has 1 saturated heterocycles. The van der Waals surface area contributed by atoms with Gasteiger partial charge in [-0.2, -0.15) is 0 Å². The molecule has 0 spiro atoms. The zero-order valence-electron chi connectivity index (χ0n) is 17.2. The number of nitrogens with zero attached hydrogens (tertiary/aromatic N) is 3. The maximum atomic E-state index is 4.59. The van der Waals surface area contributed by atoms with E-state index in [-0.39, 0.29) is 0 Å². The summed E-state index contributed by atoms with van der Waals surface area (Å²) in [6.45, 7) is 7.55. The van der Waals surface area contributed by atoms with Crippen molar-refractivity contribution < 1.29 is 0 Å². The van der Waals surface area contributed by atoms with E-state index in [4.69, 9.17) is 0 Å². The van der Waals surface area contributed by atoms with Crippen molar-refractivity contribution in [1.29, 1.82) is 0 Å². The van der Waals surface area contributed by atoms with Crippen LogP contribution in [0.3, 0.4) is 0 Å². The molecule has 28 heavy (non-hydrogen) atoms. The van der Waals surface area contributed by atoms with Gasteiger partial charge < -0.3 is 16.0 Å². The van der Waals surface area contributed by atoms with Crippen molar-refractivity contribution >= 4 is 17.2 Å². The Morgan fingerprint density at radius 2 is 1.86 bits per heavy atom. The van der Waals surface area contributed by atoms with Crippen LogP contribution in [0.5, 0.6) is 0 Å². The van der Waals surface area contributed by atoms with Gasteiger partial charge >= 0.3 is 0 Å². The van der Waals surface area contributed by atoms with Gasteiger partial charge in [0.2, 0.25) is 0 Å². The Bertz CT molecular complexity index is 841. The van der Waals surface area contributed by atoms with Crippen LogP contribution in [-0.4, -0.2) is 34.7 Å². The summed E-state index contributed by atoms with van der Waals surface area (Å²) in [5.41, 5.74) is 4.18. The van der Waals surface area contributed by atoms with Crippen LogP contribution in [0.1, 0.15) is 50.3 Å². The van der Waals surface area contributed by atoms with Crippen LogP contribution in [0.25, 0.3) is 5.65 Å². The highest BCUT2D eigenvalue weighted by atomic mass is 15.3. The summed E-state index contributed by atoms with van der Waals surface area (Å²) in [5, 5.41) is 14.5. The monoisotopic (exact) mass is 380 g/mol. The average Bonchev–Trinajstić information content (AvgIpc) is 3.19. The first-order chi connectivity index (χ1) is 13.7. The molecule has 0 atom stereocenters. The van der Waals surface area contributed by atoms with Crippen LogP contribution < -0.4 is 16.0 Å². The molecule has 1 aromatic carbocycles. The fraction of sp³-hybridized carbons (Fsp3) is 0.455. The summed E-state index contributed by atoms with van der Waals surface area (Å²) in [5.74, 6) is 1.19. The van der Waals surface area contributed by atoms with Crippen molar-refractivity contribution in [1.82, 2.24) is 19.9 Å². The third-order valence-corrected chi connectivity index (χ3v) is 4.87. The summed E-state index contributed by atoms with van der Waals surface area (Å²) in [6, 6.07) is 12.3. The van der Waals surface area contributed by atoms with Gasteiger partial charge in [-0.1, -0.05) is 50.6 Å². The van der Waals surface area contributed by atoms with Gasteiger partial charge in [-0.25, -0.2) is 9.50 Å². The minimum Gasteiger partial charge on any atom is -0.378 e. The molecule has 4 rings (SSSR count). The number of hydrogen-bond acceptors (Lipinski definition) is 5. The van der Waals surface area contributed by atoms with E-state index < -0.39 is 0 Å². The summed E-state index contributed by atoms with van der Waals surface area (Å²) in [7, 11) is 1.88. The quantitative estimate of drug-likeness (QED) is 0.617. The van der Waals surface area contributed by atoms with Gasteiger partial charge in [0.25, 0.3) is 0 Å². The molecule has 3 N–H and O–H groups in total. The van der Waals surface area contributed by atoms with Gasteiger partial charge in [-0.3, -0.25) is 0 Å². The minimum atomic E-state index is 0.372.